The van der Waals surface area contributed by atoms with Crippen LogP contribution in [0.3, 0.4) is 0 Å². The summed E-state index contributed by atoms with van der Waals surface area (Å²) in [5.41, 5.74) is 10.6. The number of hydrogen-bond acceptors (Lipinski definition) is 7. The summed E-state index contributed by atoms with van der Waals surface area (Å²) in [4.78, 5) is 4.25. The second-order valence-electron chi connectivity index (χ2n) is 8.17. The maximum Gasteiger partial charge on any atom is 0.185 e. The number of rotatable bonds is 7. The first-order valence-electron chi connectivity index (χ1n) is 11.1. The third kappa shape index (κ3) is 5.00. The van der Waals surface area contributed by atoms with Gasteiger partial charge in [0.05, 0.1) is 18.8 Å². The molecule has 5 rings (SSSR count). The highest BCUT2D eigenvalue weighted by molar-refractivity contribution is 7.99. The van der Waals surface area contributed by atoms with Gasteiger partial charge in [0.25, 0.3) is 0 Å². The molecule has 4 atom stereocenters. The molecule has 3 aromatic carbocycles. The molecule has 34 heavy (non-hydrogen) atoms. The molecule has 1 aromatic heterocycles. The van der Waals surface area contributed by atoms with Crippen LogP contribution in [-0.4, -0.2) is 32.1 Å². The molecule has 1 unspecified atom stereocenters. The molecule has 0 saturated carbocycles. The fourth-order valence-corrected chi connectivity index (χ4v) is 5.13. The van der Waals surface area contributed by atoms with E-state index in [1.165, 1.54) is 6.33 Å². The Morgan fingerprint density at radius 1 is 0.912 bits per heavy atom. The van der Waals surface area contributed by atoms with Crippen LogP contribution in [-0.2, 0) is 16.1 Å². The molecule has 0 bridgehead atoms. The number of aromatic nitrogens is 3. The lowest BCUT2D eigenvalue weighted by Crippen LogP contribution is -2.38. The van der Waals surface area contributed by atoms with Gasteiger partial charge in [-0.25, -0.2) is 4.98 Å². The minimum absolute atomic E-state index is 0.000602. The van der Waals surface area contributed by atoms with E-state index in [2.05, 4.69) is 27.3 Å². The van der Waals surface area contributed by atoms with Crippen LogP contribution in [0.15, 0.2) is 90.3 Å². The summed E-state index contributed by atoms with van der Waals surface area (Å²) in [5.74, 6) is 0.594. The maximum absolute atomic E-state index is 9.51. The van der Waals surface area contributed by atoms with E-state index >= 15 is 0 Å². The number of ether oxygens (including phenoxy) is 2. The van der Waals surface area contributed by atoms with Crippen molar-refractivity contribution in [3.63, 3.8) is 0 Å². The Kier molecular flexibility index (Phi) is 6.92. The first kappa shape index (κ1) is 22.6. The summed E-state index contributed by atoms with van der Waals surface area (Å²) in [6.45, 7) is -0.000602. The number of anilines is 1. The molecule has 1 aliphatic heterocycles. The Balaban J connectivity index is 1.54. The van der Waals surface area contributed by atoms with Crippen molar-refractivity contribution in [1.29, 1.82) is 0 Å². The van der Waals surface area contributed by atoms with E-state index in [4.69, 9.17) is 15.2 Å². The lowest BCUT2D eigenvalue weighted by atomic mass is 9.84. The molecule has 174 valence electrons. The lowest BCUT2D eigenvalue weighted by molar-refractivity contribution is -0.255. The van der Waals surface area contributed by atoms with Crippen molar-refractivity contribution >= 4 is 17.4 Å². The van der Waals surface area contributed by atoms with Crippen molar-refractivity contribution in [3.8, 4) is 0 Å². The standard InChI is InChI=1S/C26H26N4O3S/c27-21-8-4-7-20(13-21)25-32-22(15-34-26-28-16-29-30-26)23(18-5-2-1-3-6-18)24(33-25)19-11-9-17(14-31)10-12-19/h1-13,16,22-25,31H,14-15,27H2,(H,28,29,30)/t22-,23-,24+,25?/m1/s1. The number of aliphatic hydroxyl groups excluding tert-OH is 1. The fourth-order valence-electron chi connectivity index (χ4n) is 4.28. The summed E-state index contributed by atoms with van der Waals surface area (Å²) >= 11 is 1.57. The van der Waals surface area contributed by atoms with E-state index in [1.54, 1.807) is 11.8 Å². The van der Waals surface area contributed by atoms with Crippen LogP contribution >= 0.6 is 11.8 Å². The summed E-state index contributed by atoms with van der Waals surface area (Å²) < 4.78 is 13.2. The van der Waals surface area contributed by atoms with Gasteiger partial charge in [-0.15, -0.1) is 0 Å². The van der Waals surface area contributed by atoms with Gasteiger partial charge in [-0.05, 0) is 28.8 Å². The highest BCUT2D eigenvalue weighted by atomic mass is 32.2. The molecule has 1 fully saturated rings. The monoisotopic (exact) mass is 474 g/mol. The van der Waals surface area contributed by atoms with Crippen LogP contribution in [0.4, 0.5) is 5.69 Å². The zero-order chi connectivity index (χ0) is 23.3. The predicted molar refractivity (Wildman–Crippen MR) is 131 cm³/mol. The summed E-state index contributed by atoms with van der Waals surface area (Å²) in [6.07, 6.45) is 0.477. The zero-order valence-corrected chi connectivity index (χ0v) is 19.3. The van der Waals surface area contributed by atoms with E-state index in [0.29, 0.717) is 11.4 Å². The summed E-state index contributed by atoms with van der Waals surface area (Å²) in [7, 11) is 0. The smallest absolute Gasteiger partial charge is 0.185 e. The van der Waals surface area contributed by atoms with E-state index in [-0.39, 0.29) is 24.7 Å². The molecule has 8 heteroatoms. The molecule has 0 aliphatic carbocycles. The quantitative estimate of drug-likeness (QED) is 0.265. The number of H-pyrrole nitrogens is 1. The molecule has 4 aromatic rings. The normalized spacial score (nSPS) is 22.5. The van der Waals surface area contributed by atoms with Crippen LogP contribution in [0.25, 0.3) is 0 Å². The van der Waals surface area contributed by atoms with Crippen molar-refractivity contribution in [3.05, 3.63) is 107 Å². The van der Waals surface area contributed by atoms with Crippen molar-refractivity contribution in [1.82, 2.24) is 15.2 Å². The molecule has 0 spiro atoms. The highest BCUT2D eigenvalue weighted by Crippen LogP contribution is 2.47. The van der Waals surface area contributed by atoms with Gasteiger partial charge >= 0.3 is 0 Å². The van der Waals surface area contributed by atoms with Gasteiger partial charge < -0.3 is 20.3 Å². The number of nitrogens with two attached hydrogens (primary N) is 1. The number of aliphatic hydroxyl groups is 1. The minimum atomic E-state index is -0.577. The molecule has 7 nitrogen and oxygen atoms in total. The molecule has 4 N–H and O–H groups in total. The molecule has 2 heterocycles. The van der Waals surface area contributed by atoms with Gasteiger partial charge in [0.2, 0.25) is 0 Å². The van der Waals surface area contributed by atoms with Crippen LogP contribution in [0.2, 0.25) is 0 Å². The third-order valence-electron chi connectivity index (χ3n) is 5.93. The van der Waals surface area contributed by atoms with Crippen LogP contribution in [0.1, 0.15) is 40.6 Å². The SMILES string of the molecule is Nc1cccc(C2O[C@H](CSc3ncn[nH]3)[C@@H](c3ccccc3)[C@H](c3ccc(CO)cc3)O2)c1. The average Bonchev–Trinajstić information content (AvgIpc) is 3.41. The summed E-state index contributed by atoms with van der Waals surface area (Å²) in [5, 5.41) is 17.1. The lowest BCUT2D eigenvalue weighted by Gasteiger charge is -2.43. The number of aromatic amines is 1. The fraction of sp³-hybridized carbons (Fsp3) is 0.231. The van der Waals surface area contributed by atoms with Gasteiger partial charge in [0, 0.05) is 22.9 Å². The van der Waals surface area contributed by atoms with Crippen molar-refractivity contribution in [2.75, 3.05) is 11.5 Å². The Morgan fingerprint density at radius 3 is 2.41 bits per heavy atom. The summed E-state index contributed by atoms with van der Waals surface area (Å²) in [6, 6.07) is 25.8. The van der Waals surface area contributed by atoms with E-state index < -0.39 is 6.29 Å². The van der Waals surface area contributed by atoms with Gasteiger partial charge in [0.1, 0.15) is 6.33 Å². The van der Waals surface area contributed by atoms with Crippen LogP contribution in [0, 0.1) is 0 Å². The first-order chi connectivity index (χ1) is 16.7. The number of benzene rings is 3. The Bertz CT molecular complexity index is 1190. The molecular weight excluding hydrogens is 448 g/mol. The zero-order valence-electron chi connectivity index (χ0n) is 18.5. The van der Waals surface area contributed by atoms with Crippen molar-refractivity contribution < 1.29 is 14.6 Å². The molecule has 0 radical (unpaired) electrons. The second-order valence-corrected chi connectivity index (χ2v) is 9.18. The number of nitrogens with zero attached hydrogens (tertiary/aromatic N) is 2. The van der Waals surface area contributed by atoms with Crippen LogP contribution < -0.4 is 5.73 Å². The van der Waals surface area contributed by atoms with Crippen molar-refractivity contribution in [2.24, 2.45) is 0 Å². The van der Waals surface area contributed by atoms with Crippen LogP contribution in [0.5, 0.6) is 0 Å². The average molecular weight is 475 g/mol. The Labute approximate surface area is 202 Å². The van der Waals surface area contributed by atoms with E-state index in [0.717, 1.165) is 27.4 Å². The van der Waals surface area contributed by atoms with Gasteiger partial charge in [-0.1, -0.05) is 78.5 Å². The number of thioether (sulfide) groups is 1. The number of nitrogen functional groups attached to an aromatic ring is 1. The molecular formula is C26H26N4O3S. The number of nitrogens with one attached hydrogen (secondary N) is 1. The Morgan fingerprint density at radius 2 is 1.71 bits per heavy atom. The molecule has 1 aliphatic rings. The van der Waals surface area contributed by atoms with E-state index in [9.17, 15) is 5.11 Å². The highest BCUT2D eigenvalue weighted by Gasteiger charge is 2.42. The van der Waals surface area contributed by atoms with E-state index in [1.807, 2.05) is 66.7 Å². The minimum Gasteiger partial charge on any atom is -0.399 e. The maximum atomic E-state index is 9.51. The largest absolute Gasteiger partial charge is 0.399 e. The van der Waals surface area contributed by atoms with Gasteiger partial charge in [0.15, 0.2) is 11.4 Å². The third-order valence-corrected chi connectivity index (χ3v) is 6.90. The van der Waals surface area contributed by atoms with Gasteiger partial charge in [-0.2, -0.15) is 5.10 Å². The molecule has 1 saturated heterocycles. The van der Waals surface area contributed by atoms with Gasteiger partial charge in [-0.3, -0.25) is 5.10 Å². The second kappa shape index (κ2) is 10.4. The first-order valence-corrected chi connectivity index (χ1v) is 12.1. The Hall–Kier alpha value is -3.17. The van der Waals surface area contributed by atoms with Crippen molar-refractivity contribution in [2.45, 2.75) is 36.2 Å². The predicted octanol–water partition coefficient (Wildman–Crippen LogP) is 4.61. The number of hydrogen-bond donors (Lipinski definition) is 3. The molecule has 0 amide bonds. The topological polar surface area (TPSA) is 106 Å².